The molecule has 2 amide bonds. The first-order valence-corrected chi connectivity index (χ1v) is 15.1. The monoisotopic (exact) mass is 614 g/mol. The second-order valence-corrected chi connectivity index (χ2v) is 11.5. The van der Waals surface area contributed by atoms with Crippen molar-refractivity contribution in [2.45, 2.75) is 26.9 Å². The highest BCUT2D eigenvalue weighted by molar-refractivity contribution is 7.16. The van der Waals surface area contributed by atoms with Gasteiger partial charge >= 0.3 is 0 Å². The van der Waals surface area contributed by atoms with Gasteiger partial charge in [0.2, 0.25) is 0 Å². The van der Waals surface area contributed by atoms with Crippen molar-refractivity contribution >= 4 is 54.9 Å². The Hall–Kier alpha value is -4.74. The van der Waals surface area contributed by atoms with E-state index in [1.807, 2.05) is 23.0 Å². The number of ether oxygens (including phenoxy) is 1. The third kappa shape index (κ3) is 5.81. The summed E-state index contributed by atoms with van der Waals surface area (Å²) in [7, 11) is 0. The molecule has 43 heavy (non-hydrogen) atoms. The summed E-state index contributed by atoms with van der Waals surface area (Å²) in [5.74, 6) is -0.499. The summed E-state index contributed by atoms with van der Waals surface area (Å²) in [5.41, 5.74) is 2.42. The highest BCUT2D eigenvalue weighted by Crippen LogP contribution is 2.24. The van der Waals surface area contributed by atoms with Crippen LogP contribution < -0.4 is 14.3 Å². The summed E-state index contributed by atoms with van der Waals surface area (Å²) in [4.78, 5) is 35.3. The molecule has 0 bridgehead atoms. The Morgan fingerprint density at radius 2 is 1.05 bits per heavy atom. The Balaban J connectivity index is 1.17. The molecule has 0 N–H and O–H groups in total. The lowest BCUT2D eigenvalue weighted by Crippen LogP contribution is -2.15. The fourth-order valence-electron chi connectivity index (χ4n) is 4.65. The quantitative estimate of drug-likeness (QED) is 0.197. The van der Waals surface area contributed by atoms with Crippen molar-refractivity contribution in [2.75, 3.05) is 0 Å². The number of benzene rings is 4. The van der Waals surface area contributed by atoms with E-state index < -0.39 is 11.8 Å². The van der Waals surface area contributed by atoms with Gasteiger partial charge in [0.15, 0.2) is 9.60 Å². The standard InChI is InChI=1S/C32H24F2N4O3S2/c1-3-37-25-15-9-21(33)17-27(25)42-31(37)35-29(39)19-5-11-23(12-6-19)41-24-13-7-20(8-14-24)30(40)36-32-38(4-2)26-16-10-22(34)18-28(26)43-32/h5-18H,3-4H2,1-2H3. The largest absolute Gasteiger partial charge is 0.457 e. The van der Waals surface area contributed by atoms with Gasteiger partial charge in [-0.2, -0.15) is 9.98 Å². The van der Waals surface area contributed by atoms with Crippen LogP contribution in [0.1, 0.15) is 34.6 Å². The molecule has 7 nitrogen and oxygen atoms in total. The molecule has 216 valence electrons. The van der Waals surface area contributed by atoms with Crippen LogP contribution in [0.4, 0.5) is 8.78 Å². The van der Waals surface area contributed by atoms with E-state index in [2.05, 4.69) is 9.98 Å². The Bertz CT molecular complexity index is 1990. The van der Waals surface area contributed by atoms with Crippen molar-refractivity contribution in [1.29, 1.82) is 0 Å². The molecule has 0 spiro atoms. The Kier molecular flexibility index (Phi) is 7.83. The second-order valence-electron chi connectivity index (χ2n) is 9.47. The predicted octanol–water partition coefficient (Wildman–Crippen LogP) is 7.31. The van der Waals surface area contributed by atoms with Gasteiger partial charge in [-0.25, -0.2) is 8.78 Å². The number of aromatic nitrogens is 2. The van der Waals surface area contributed by atoms with Gasteiger partial charge in [-0.1, -0.05) is 22.7 Å². The molecule has 0 aliphatic rings. The van der Waals surface area contributed by atoms with Crippen LogP contribution in [0.2, 0.25) is 0 Å². The molecular weight excluding hydrogens is 591 g/mol. The summed E-state index contributed by atoms with van der Waals surface area (Å²) in [6.07, 6.45) is 0. The van der Waals surface area contributed by atoms with Crippen LogP contribution in [-0.2, 0) is 13.1 Å². The van der Waals surface area contributed by atoms with E-state index in [1.54, 1.807) is 60.7 Å². The molecule has 0 saturated heterocycles. The highest BCUT2D eigenvalue weighted by Gasteiger charge is 2.12. The number of aryl methyl sites for hydroxylation is 2. The average molecular weight is 615 g/mol. The molecule has 2 aromatic heterocycles. The summed E-state index contributed by atoms with van der Waals surface area (Å²) in [6, 6.07) is 22.2. The molecule has 6 rings (SSSR count). The van der Waals surface area contributed by atoms with Gasteiger partial charge in [-0.3, -0.25) is 9.59 Å². The molecule has 2 heterocycles. The van der Waals surface area contributed by atoms with E-state index in [1.165, 1.54) is 46.9 Å². The second kappa shape index (κ2) is 11.9. The minimum Gasteiger partial charge on any atom is -0.457 e. The first-order valence-electron chi connectivity index (χ1n) is 13.5. The maximum Gasteiger partial charge on any atom is 0.279 e. The number of carbonyl (C=O) groups excluding carboxylic acids is 2. The zero-order chi connectivity index (χ0) is 30.1. The van der Waals surface area contributed by atoms with E-state index in [0.717, 1.165) is 20.4 Å². The van der Waals surface area contributed by atoms with Gasteiger partial charge in [0.25, 0.3) is 11.8 Å². The predicted molar refractivity (Wildman–Crippen MR) is 164 cm³/mol. The number of amides is 2. The molecule has 0 aliphatic carbocycles. The number of hydrogen-bond donors (Lipinski definition) is 0. The maximum atomic E-state index is 13.7. The first-order chi connectivity index (χ1) is 20.8. The summed E-state index contributed by atoms with van der Waals surface area (Å²) in [6.45, 7) is 5.07. The van der Waals surface area contributed by atoms with Crippen molar-refractivity contribution in [3.8, 4) is 11.5 Å². The minimum absolute atomic E-state index is 0.336. The minimum atomic E-state index is -0.416. The zero-order valence-corrected chi connectivity index (χ0v) is 24.7. The van der Waals surface area contributed by atoms with Gasteiger partial charge in [0, 0.05) is 24.2 Å². The van der Waals surface area contributed by atoms with Crippen LogP contribution in [0.25, 0.3) is 20.4 Å². The Morgan fingerprint density at radius 1 is 0.651 bits per heavy atom. The molecule has 11 heteroatoms. The molecule has 0 saturated carbocycles. The molecule has 0 atom stereocenters. The van der Waals surface area contributed by atoms with Crippen molar-refractivity contribution in [3.05, 3.63) is 117 Å². The highest BCUT2D eigenvalue weighted by atomic mass is 32.1. The smallest absolute Gasteiger partial charge is 0.279 e. The van der Waals surface area contributed by atoms with Gasteiger partial charge in [0.1, 0.15) is 23.1 Å². The molecule has 0 unspecified atom stereocenters. The lowest BCUT2D eigenvalue weighted by molar-refractivity contribution is 0.0989. The lowest BCUT2D eigenvalue weighted by atomic mass is 10.2. The van der Waals surface area contributed by atoms with E-state index in [0.29, 0.717) is 45.3 Å². The Morgan fingerprint density at radius 3 is 1.42 bits per heavy atom. The van der Waals surface area contributed by atoms with Gasteiger partial charge < -0.3 is 13.9 Å². The zero-order valence-electron chi connectivity index (χ0n) is 23.1. The molecule has 0 fully saturated rings. The number of fused-ring (bicyclic) bond motifs is 2. The normalized spacial score (nSPS) is 12.4. The van der Waals surface area contributed by atoms with Crippen LogP contribution in [0, 0.1) is 11.6 Å². The summed E-state index contributed by atoms with van der Waals surface area (Å²) >= 11 is 2.53. The van der Waals surface area contributed by atoms with Crippen LogP contribution in [0.5, 0.6) is 11.5 Å². The number of carbonyl (C=O) groups is 2. The Labute approximate surface area is 252 Å². The SMILES string of the molecule is CCn1c(=NC(=O)c2ccc(Oc3ccc(C(=O)N=c4sc5cc(F)ccc5n4CC)cc3)cc2)sc2cc(F)ccc21. The third-order valence-corrected chi connectivity index (χ3v) is 8.84. The molecular formula is C32H24F2N4O3S2. The van der Waals surface area contributed by atoms with Gasteiger partial charge in [-0.15, -0.1) is 0 Å². The fraction of sp³-hybridized carbons (Fsp3) is 0.125. The number of thiazole rings is 2. The van der Waals surface area contributed by atoms with Crippen molar-refractivity contribution in [3.63, 3.8) is 0 Å². The van der Waals surface area contributed by atoms with Crippen LogP contribution in [-0.4, -0.2) is 20.9 Å². The van der Waals surface area contributed by atoms with Gasteiger partial charge in [-0.05, 0) is 98.8 Å². The van der Waals surface area contributed by atoms with Crippen LogP contribution >= 0.6 is 22.7 Å². The third-order valence-electron chi connectivity index (χ3n) is 6.75. The van der Waals surface area contributed by atoms with Crippen LogP contribution in [0.3, 0.4) is 0 Å². The molecule has 0 radical (unpaired) electrons. The van der Waals surface area contributed by atoms with E-state index in [4.69, 9.17) is 4.74 Å². The van der Waals surface area contributed by atoms with E-state index in [-0.39, 0.29) is 11.6 Å². The molecule has 0 aliphatic heterocycles. The fourth-order valence-corrected chi connectivity index (χ4v) is 6.88. The number of nitrogens with zero attached hydrogens (tertiary/aromatic N) is 4. The van der Waals surface area contributed by atoms with Crippen molar-refractivity contribution in [1.82, 2.24) is 9.13 Å². The van der Waals surface area contributed by atoms with Gasteiger partial charge in [0.05, 0.1) is 20.4 Å². The summed E-state index contributed by atoms with van der Waals surface area (Å²) < 4.78 is 38.4. The van der Waals surface area contributed by atoms with Crippen LogP contribution in [0.15, 0.2) is 94.9 Å². The number of halogens is 2. The summed E-state index contributed by atoms with van der Waals surface area (Å²) in [5, 5.41) is 0. The topological polar surface area (TPSA) is 78.0 Å². The van der Waals surface area contributed by atoms with E-state index in [9.17, 15) is 18.4 Å². The van der Waals surface area contributed by atoms with Crippen molar-refractivity contribution in [2.24, 2.45) is 9.98 Å². The molecule has 4 aromatic carbocycles. The molecule has 6 aromatic rings. The first kappa shape index (κ1) is 28.4. The van der Waals surface area contributed by atoms with E-state index >= 15 is 0 Å². The van der Waals surface area contributed by atoms with Crippen molar-refractivity contribution < 1.29 is 23.1 Å². The lowest BCUT2D eigenvalue weighted by Gasteiger charge is -2.06. The average Bonchev–Trinajstić information content (AvgIpc) is 3.52. The number of rotatable bonds is 6. The number of hydrogen-bond acceptors (Lipinski definition) is 5. The maximum absolute atomic E-state index is 13.7.